The van der Waals surface area contributed by atoms with E-state index in [1.54, 1.807) is 24.7 Å². The van der Waals surface area contributed by atoms with Gasteiger partial charge in [-0.25, -0.2) is 15.0 Å². The van der Waals surface area contributed by atoms with Crippen LogP contribution in [0.4, 0.5) is 10.9 Å². The molecule has 33 heavy (non-hydrogen) atoms. The summed E-state index contributed by atoms with van der Waals surface area (Å²) >= 11 is 2.50. The van der Waals surface area contributed by atoms with Crippen LogP contribution in [-0.4, -0.2) is 41.1 Å². The molecule has 0 amide bonds. The fraction of sp³-hybridized carbons (Fsp3) is 0.190. The molecule has 0 aliphatic heterocycles. The Hall–Kier alpha value is -2.83. The number of nitrogens with one attached hydrogen (secondary N) is 1. The van der Waals surface area contributed by atoms with Gasteiger partial charge in [0.15, 0.2) is 17.4 Å². The lowest BCUT2D eigenvalue weighted by atomic mass is 10.1. The number of hydrogen-bond acceptors (Lipinski definition) is 11. The number of aromatic nitrogens is 5. The predicted molar refractivity (Wildman–Crippen MR) is 129 cm³/mol. The van der Waals surface area contributed by atoms with Crippen molar-refractivity contribution in [2.24, 2.45) is 0 Å². The summed E-state index contributed by atoms with van der Waals surface area (Å²) < 4.78 is 10.3. The standard InChI is InChI=1S/C21H20N6O3S2.ClH/c1-13-15(6-5-9-22-13)30-16-10-14(31-17-7-3-4-8-23-17)11-24-18(16)25-20-26-19(27-32-20)21(2,29)12-28;/h3-11,28-29H,12H2,1-2H3,(H,24,25,26,27);1H/t21-;/m0./s1. The van der Waals surface area contributed by atoms with Gasteiger partial charge in [0, 0.05) is 41.1 Å². The lowest BCUT2D eigenvalue weighted by Crippen LogP contribution is -2.27. The van der Waals surface area contributed by atoms with E-state index < -0.39 is 12.2 Å². The molecule has 0 radical (unpaired) electrons. The molecule has 0 fully saturated rings. The van der Waals surface area contributed by atoms with E-state index >= 15 is 0 Å². The molecule has 0 saturated heterocycles. The average molecular weight is 505 g/mol. The molecule has 0 aliphatic carbocycles. The number of aryl methyl sites for hydroxylation is 1. The average Bonchev–Trinajstić information content (AvgIpc) is 3.27. The monoisotopic (exact) mass is 504 g/mol. The minimum absolute atomic E-state index is 0. The third-order valence-electron chi connectivity index (χ3n) is 4.31. The molecule has 4 aromatic heterocycles. The topological polar surface area (TPSA) is 126 Å². The molecule has 0 saturated carbocycles. The molecular weight excluding hydrogens is 484 g/mol. The maximum Gasteiger partial charge on any atom is 0.208 e. The fourth-order valence-electron chi connectivity index (χ4n) is 2.54. The highest BCUT2D eigenvalue weighted by molar-refractivity contribution is 7.99. The first kappa shape index (κ1) is 24.8. The van der Waals surface area contributed by atoms with Crippen LogP contribution in [0, 0.1) is 6.92 Å². The highest BCUT2D eigenvalue weighted by atomic mass is 35.5. The van der Waals surface area contributed by atoms with E-state index in [4.69, 9.17) is 4.74 Å². The SMILES string of the molecule is Cc1ncccc1Oc1cc(Sc2ccccn2)cnc1Nc1nc([C@@](C)(O)CO)ns1.Cl. The van der Waals surface area contributed by atoms with Crippen LogP contribution in [-0.2, 0) is 5.60 Å². The van der Waals surface area contributed by atoms with Gasteiger partial charge in [-0.1, -0.05) is 17.8 Å². The first-order valence-electron chi connectivity index (χ1n) is 9.57. The normalized spacial score (nSPS) is 12.5. The Morgan fingerprint density at radius 2 is 1.94 bits per heavy atom. The van der Waals surface area contributed by atoms with E-state index in [0.29, 0.717) is 22.4 Å². The minimum Gasteiger partial charge on any atom is -0.452 e. The molecule has 9 nitrogen and oxygen atoms in total. The fourth-order valence-corrected chi connectivity index (χ4v) is 4.00. The number of pyridine rings is 3. The number of halogens is 1. The maximum atomic E-state index is 10.2. The van der Waals surface area contributed by atoms with Gasteiger partial charge in [-0.05, 0) is 38.1 Å². The molecule has 0 spiro atoms. The number of aliphatic hydroxyl groups is 2. The van der Waals surface area contributed by atoms with Crippen LogP contribution in [0.25, 0.3) is 0 Å². The van der Waals surface area contributed by atoms with Gasteiger partial charge in [-0.15, -0.1) is 12.4 Å². The molecule has 12 heteroatoms. The quantitative estimate of drug-likeness (QED) is 0.319. The summed E-state index contributed by atoms with van der Waals surface area (Å²) in [6.45, 7) is 2.81. The Morgan fingerprint density at radius 1 is 1.12 bits per heavy atom. The zero-order chi connectivity index (χ0) is 22.6. The van der Waals surface area contributed by atoms with Crippen molar-refractivity contribution in [3.05, 3.63) is 66.5 Å². The zero-order valence-electron chi connectivity index (χ0n) is 17.7. The maximum absolute atomic E-state index is 10.2. The number of rotatable bonds is 8. The number of hydrogen-bond donors (Lipinski definition) is 3. The molecule has 0 unspecified atom stereocenters. The van der Waals surface area contributed by atoms with E-state index in [2.05, 4.69) is 29.6 Å². The van der Waals surface area contributed by atoms with Gasteiger partial charge in [0.1, 0.15) is 16.4 Å². The van der Waals surface area contributed by atoms with Crippen molar-refractivity contribution < 1.29 is 14.9 Å². The van der Waals surface area contributed by atoms with Crippen LogP contribution in [0.3, 0.4) is 0 Å². The van der Waals surface area contributed by atoms with Gasteiger partial charge in [-0.2, -0.15) is 4.37 Å². The lowest BCUT2D eigenvalue weighted by Gasteiger charge is -2.15. The number of ether oxygens (including phenoxy) is 1. The van der Waals surface area contributed by atoms with Gasteiger partial charge < -0.3 is 20.3 Å². The van der Waals surface area contributed by atoms with Crippen LogP contribution in [0.2, 0.25) is 0 Å². The summed E-state index contributed by atoms with van der Waals surface area (Å²) in [4.78, 5) is 18.2. The molecule has 3 N–H and O–H groups in total. The smallest absolute Gasteiger partial charge is 0.208 e. The van der Waals surface area contributed by atoms with Crippen LogP contribution < -0.4 is 10.1 Å². The first-order chi connectivity index (χ1) is 15.4. The third-order valence-corrected chi connectivity index (χ3v) is 5.85. The molecule has 4 aromatic rings. The van der Waals surface area contributed by atoms with Crippen molar-refractivity contribution in [1.82, 2.24) is 24.3 Å². The summed E-state index contributed by atoms with van der Waals surface area (Å²) in [5.74, 6) is 1.61. The first-order valence-corrected chi connectivity index (χ1v) is 11.2. The molecular formula is C21H21ClN6O3S2. The largest absolute Gasteiger partial charge is 0.452 e. The van der Waals surface area contributed by atoms with Crippen molar-refractivity contribution in [2.75, 3.05) is 11.9 Å². The summed E-state index contributed by atoms with van der Waals surface area (Å²) in [6.07, 6.45) is 5.13. The molecule has 4 rings (SSSR count). The van der Waals surface area contributed by atoms with Crippen molar-refractivity contribution in [2.45, 2.75) is 29.4 Å². The number of nitrogens with zero attached hydrogens (tertiary/aromatic N) is 5. The van der Waals surface area contributed by atoms with E-state index in [0.717, 1.165) is 27.1 Å². The van der Waals surface area contributed by atoms with Crippen LogP contribution >= 0.6 is 35.7 Å². The van der Waals surface area contributed by atoms with E-state index in [1.807, 2.05) is 37.3 Å². The molecule has 0 aromatic carbocycles. The Morgan fingerprint density at radius 3 is 2.67 bits per heavy atom. The molecule has 0 aliphatic rings. The molecule has 172 valence electrons. The highest BCUT2D eigenvalue weighted by Crippen LogP contribution is 2.36. The van der Waals surface area contributed by atoms with Crippen molar-refractivity contribution in [1.29, 1.82) is 0 Å². The van der Waals surface area contributed by atoms with Gasteiger partial charge in [0.05, 0.1) is 12.3 Å². The number of aliphatic hydroxyl groups excluding tert-OH is 1. The Kier molecular flexibility index (Phi) is 8.16. The van der Waals surface area contributed by atoms with Crippen LogP contribution in [0.5, 0.6) is 11.5 Å². The van der Waals surface area contributed by atoms with Gasteiger partial charge in [-0.3, -0.25) is 4.98 Å². The third kappa shape index (κ3) is 6.15. The molecule has 4 heterocycles. The van der Waals surface area contributed by atoms with Crippen LogP contribution in [0.15, 0.2) is 64.9 Å². The highest BCUT2D eigenvalue weighted by Gasteiger charge is 2.27. The van der Waals surface area contributed by atoms with Crippen molar-refractivity contribution >= 4 is 46.7 Å². The Bertz CT molecular complexity index is 1210. The van der Waals surface area contributed by atoms with E-state index in [-0.39, 0.29) is 18.2 Å². The van der Waals surface area contributed by atoms with E-state index in [9.17, 15) is 10.2 Å². The minimum atomic E-state index is -1.53. The van der Waals surface area contributed by atoms with Gasteiger partial charge in [0.2, 0.25) is 5.13 Å². The second-order valence-corrected chi connectivity index (χ2v) is 8.80. The summed E-state index contributed by atoms with van der Waals surface area (Å²) in [7, 11) is 0. The van der Waals surface area contributed by atoms with Gasteiger partial charge in [0.25, 0.3) is 0 Å². The summed E-state index contributed by atoms with van der Waals surface area (Å²) in [6, 6.07) is 11.2. The second kappa shape index (κ2) is 10.9. The van der Waals surface area contributed by atoms with E-state index in [1.165, 1.54) is 18.7 Å². The second-order valence-electron chi connectivity index (χ2n) is 6.96. The summed E-state index contributed by atoms with van der Waals surface area (Å²) in [5.41, 5.74) is -0.794. The molecule has 0 bridgehead atoms. The van der Waals surface area contributed by atoms with Gasteiger partial charge >= 0.3 is 0 Å². The Labute approximate surface area is 204 Å². The summed E-state index contributed by atoms with van der Waals surface area (Å²) in [5, 5.41) is 23.8. The van der Waals surface area contributed by atoms with Crippen molar-refractivity contribution in [3.8, 4) is 11.5 Å². The number of anilines is 2. The zero-order valence-corrected chi connectivity index (χ0v) is 20.1. The molecule has 1 atom stereocenters. The van der Waals surface area contributed by atoms with Crippen molar-refractivity contribution in [3.63, 3.8) is 0 Å². The lowest BCUT2D eigenvalue weighted by molar-refractivity contribution is -0.00865. The Balaban J connectivity index is 0.00000306. The predicted octanol–water partition coefficient (Wildman–Crippen LogP) is 4.34. The van der Waals surface area contributed by atoms with Crippen LogP contribution in [0.1, 0.15) is 18.4 Å².